The zero-order chi connectivity index (χ0) is 16.2. The zero-order valence-electron chi connectivity index (χ0n) is 13.3. The number of hydrogen-bond acceptors (Lipinski definition) is 3. The summed E-state index contributed by atoms with van der Waals surface area (Å²) in [5.74, 6) is -0.329. The van der Waals surface area contributed by atoms with Crippen LogP contribution >= 0.6 is 11.6 Å². The van der Waals surface area contributed by atoms with E-state index in [1.165, 1.54) is 18.4 Å². The smallest absolute Gasteiger partial charge is 0.340 e. The number of carbonyl (C=O) groups excluding carboxylic acids is 1. The van der Waals surface area contributed by atoms with E-state index in [-0.39, 0.29) is 5.97 Å². The zero-order valence-corrected chi connectivity index (χ0v) is 14.0. The molecule has 0 aliphatic carbocycles. The Balaban J connectivity index is 1.90. The number of aromatic amines is 1. The number of nitrogens with one attached hydrogen (secondary N) is 1. The predicted molar refractivity (Wildman–Crippen MR) is 91.7 cm³/mol. The first-order valence-corrected chi connectivity index (χ1v) is 8.42. The van der Waals surface area contributed by atoms with Crippen molar-refractivity contribution in [1.82, 2.24) is 9.88 Å². The molecule has 0 radical (unpaired) electrons. The van der Waals surface area contributed by atoms with E-state index < -0.39 is 0 Å². The van der Waals surface area contributed by atoms with Gasteiger partial charge < -0.3 is 9.72 Å². The van der Waals surface area contributed by atoms with E-state index >= 15 is 0 Å². The highest BCUT2D eigenvalue weighted by molar-refractivity contribution is 6.33. The summed E-state index contributed by atoms with van der Waals surface area (Å²) in [5, 5.41) is 0.639. The molecule has 0 atom stereocenters. The minimum atomic E-state index is -0.329. The highest BCUT2D eigenvalue weighted by Crippen LogP contribution is 2.32. The van der Waals surface area contributed by atoms with Gasteiger partial charge in [0.25, 0.3) is 0 Å². The van der Waals surface area contributed by atoms with Crippen molar-refractivity contribution >= 4 is 17.6 Å². The second-order valence-corrected chi connectivity index (χ2v) is 6.21. The van der Waals surface area contributed by atoms with Gasteiger partial charge in [0.15, 0.2) is 0 Å². The monoisotopic (exact) mass is 332 g/mol. The normalized spacial score (nSPS) is 15.0. The molecule has 1 aromatic carbocycles. The van der Waals surface area contributed by atoms with Crippen molar-refractivity contribution in [1.29, 1.82) is 0 Å². The maximum atomic E-state index is 12.1. The van der Waals surface area contributed by atoms with Gasteiger partial charge in [0.05, 0.1) is 12.2 Å². The topological polar surface area (TPSA) is 45.3 Å². The molecule has 1 saturated heterocycles. The van der Waals surface area contributed by atoms with Crippen LogP contribution in [0.5, 0.6) is 0 Å². The van der Waals surface area contributed by atoms with Crippen molar-refractivity contribution in [3.05, 3.63) is 46.7 Å². The van der Waals surface area contributed by atoms with Crippen LogP contribution in [-0.4, -0.2) is 35.5 Å². The maximum Gasteiger partial charge on any atom is 0.340 e. The summed E-state index contributed by atoms with van der Waals surface area (Å²) < 4.78 is 5.12. The lowest BCUT2D eigenvalue weighted by molar-refractivity contribution is 0.0527. The number of nitrogens with zero attached hydrogens (tertiary/aromatic N) is 1. The van der Waals surface area contributed by atoms with Crippen molar-refractivity contribution in [2.24, 2.45) is 0 Å². The van der Waals surface area contributed by atoms with Gasteiger partial charge in [-0.2, -0.15) is 0 Å². The quantitative estimate of drug-likeness (QED) is 0.838. The Bertz CT molecular complexity index is 690. The van der Waals surface area contributed by atoms with Crippen LogP contribution in [0.1, 0.15) is 35.7 Å². The predicted octanol–water partition coefficient (Wildman–Crippen LogP) is 4.11. The van der Waals surface area contributed by atoms with Gasteiger partial charge in [-0.05, 0) is 50.6 Å². The first kappa shape index (κ1) is 16.1. The molecule has 0 unspecified atom stereocenters. The summed E-state index contributed by atoms with van der Waals surface area (Å²) in [4.78, 5) is 17.5. The minimum absolute atomic E-state index is 0.329. The average molecular weight is 333 g/mol. The van der Waals surface area contributed by atoms with E-state index in [4.69, 9.17) is 16.3 Å². The largest absolute Gasteiger partial charge is 0.462 e. The van der Waals surface area contributed by atoms with E-state index in [2.05, 4.69) is 22.0 Å². The van der Waals surface area contributed by atoms with Gasteiger partial charge in [-0.25, -0.2) is 4.79 Å². The summed E-state index contributed by atoms with van der Waals surface area (Å²) >= 11 is 6.38. The third kappa shape index (κ3) is 3.59. The van der Waals surface area contributed by atoms with Crippen LogP contribution in [0.3, 0.4) is 0 Å². The molecular weight excluding hydrogens is 312 g/mol. The lowest BCUT2D eigenvalue weighted by atomic mass is 10.0. The molecule has 5 heteroatoms. The van der Waals surface area contributed by atoms with E-state index in [1.807, 2.05) is 6.07 Å². The SMILES string of the molecule is CCOC(=O)c1c[nH]cc1-c1cc(CN2CCCC2)ccc1Cl. The molecule has 0 spiro atoms. The van der Waals surface area contributed by atoms with Gasteiger partial charge in [0.2, 0.25) is 0 Å². The van der Waals surface area contributed by atoms with Crippen LogP contribution in [0.25, 0.3) is 11.1 Å². The fraction of sp³-hybridized carbons (Fsp3) is 0.389. The summed E-state index contributed by atoms with van der Waals surface area (Å²) in [6, 6.07) is 6.04. The Labute approximate surface area is 141 Å². The number of halogens is 1. The second kappa shape index (κ2) is 7.20. The lowest BCUT2D eigenvalue weighted by Crippen LogP contribution is -2.18. The Hall–Kier alpha value is -1.78. The number of carbonyl (C=O) groups is 1. The molecule has 1 aliphatic rings. The van der Waals surface area contributed by atoms with Crippen LogP contribution in [0.2, 0.25) is 5.02 Å². The van der Waals surface area contributed by atoms with Crippen molar-refractivity contribution in [2.45, 2.75) is 26.3 Å². The second-order valence-electron chi connectivity index (χ2n) is 5.80. The van der Waals surface area contributed by atoms with Gasteiger partial charge in [0.1, 0.15) is 0 Å². The molecule has 2 aromatic rings. The number of H-pyrrole nitrogens is 1. The summed E-state index contributed by atoms with van der Waals surface area (Å²) in [5.41, 5.74) is 3.39. The fourth-order valence-corrected chi connectivity index (χ4v) is 3.26. The number of benzene rings is 1. The molecule has 1 fully saturated rings. The van der Waals surface area contributed by atoms with E-state index in [0.29, 0.717) is 17.2 Å². The molecule has 3 rings (SSSR count). The Morgan fingerprint density at radius 3 is 2.78 bits per heavy atom. The van der Waals surface area contributed by atoms with E-state index in [0.717, 1.165) is 30.8 Å². The lowest BCUT2D eigenvalue weighted by Gasteiger charge is -2.16. The molecular formula is C18H21ClN2O2. The molecule has 23 heavy (non-hydrogen) atoms. The van der Waals surface area contributed by atoms with Crippen LogP contribution < -0.4 is 0 Å². The molecule has 1 aromatic heterocycles. The number of esters is 1. The van der Waals surface area contributed by atoms with Crippen LogP contribution in [0, 0.1) is 0 Å². The standard InChI is InChI=1S/C18H21ClN2O2/c1-2-23-18(22)16-11-20-10-15(16)14-9-13(5-6-17(14)19)12-21-7-3-4-8-21/h5-6,9-11,20H,2-4,7-8,12H2,1H3. The van der Waals surface area contributed by atoms with Crippen molar-refractivity contribution in [3.8, 4) is 11.1 Å². The number of hydrogen-bond donors (Lipinski definition) is 1. The van der Waals surface area contributed by atoms with Crippen LogP contribution in [0.4, 0.5) is 0 Å². The van der Waals surface area contributed by atoms with Gasteiger partial charge in [-0.3, -0.25) is 4.90 Å². The van der Waals surface area contributed by atoms with Crippen molar-refractivity contribution in [3.63, 3.8) is 0 Å². The summed E-state index contributed by atoms with van der Waals surface area (Å²) in [6.07, 6.45) is 6.00. The number of aromatic nitrogens is 1. The maximum absolute atomic E-state index is 12.1. The average Bonchev–Trinajstić information content (AvgIpc) is 3.20. The molecule has 122 valence electrons. The Morgan fingerprint density at radius 2 is 2.04 bits per heavy atom. The number of likely N-dealkylation sites (tertiary alicyclic amines) is 1. The van der Waals surface area contributed by atoms with Gasteiger partial charge in [-0.1, -0.05) is 17.7 Å². The highest BCUT2D eigenvalue weighted by atomic mass is 35.5. The molecule has 1 aliphatic heterocycles. The first-order valence-electron chi connectivity index (χ1n) is 8.04. The molecule has 0 saturated carbocycles. The highest BCUT2D eigenvalue weighted by Gasteiger charge is 2.18. The Morgan fingerprint density at radius 1 is 1.26 bits per heavy atom. The number of ether oxygens (including phenoxy) is 1. The van der Waals surface area contributed by atoms with Gasteiger partial charge in [0, 0.05) is 35.1 Å². The molecule has 0 bridgehead atoms. The van der Waals surface area contributed by atoms with Crippen molar-refractivity contribution < 1.29 is 9.53 Å². The van der Waals surface area contributed by atoms with Gasteiger partial charge in [-0.15, -0.1) is 0 Å². The first-order chi connectivity index (χ1) is 11.2. The van der Waals surface area contributed by atoms with E-state index in [9.17, 15) is 4.79 Å². The Kier molecular flexibility index (Phi) is 5.03. The summed E-state index contributed by atoms with van der Waals surface area (Å²) in [6.45, 7) is 5.37. The number of rotatable bonds is 5. The molecule has 1 N–H and O–H groups in total. The van der Waals surface area contributed by atoms with Crippen LogP contribution in [0.15, 0.2) is 30.6 Å². The molecule has 4 nitrogen and oxygen atoms in total. The fourth-order valence-electron chi connectivity index (χ4n) is 3.04. The van der Waals surface area contributed by atoms with Gasteiger partial charge >= 0.3 is 5.97 Å². The van der Waals surface area contributed by atoms with E-state index in [1.54, 1.807) is 19.3 Å². The minimum Gasteiger partial charge on any atom is -0.462 e. The third-order valence-corrected chi connectivity index (χ3v) is 4.50. The molecule has 2 heterocycles. The van der Waals surface area contributed by atoms with Crippen LogP contribution in [-0.2, 0) is 11.3 Å². The third-order valence-electron chi connectivity index (χ3n) is 4.17. The molecule has 0 amide bonds. The summed E-state index contributed by atoms with van der Waals surface area (Å²) in [7, 11) is 0. The van der Waals surface area contributed by atoms with Crippen molar-refractivity contribution in [2.75, 3.05) is 19.7 Å².